The Morgan fingerprint density at radius 2 is 2.00 bits per heavy atom. The number of hydrogen-bond acceptors (Lipinski definition) is 3. The van der Waals surface area contributed by atoms with E-state index in [1.807, 2.05) is 4.90 Å². The van der Waals surface area contributed by atoms with Gasteiger partial charge in [-0.1, -0.05) is 12.1 Å². The Morgan fingerprint density at radius 3 is 2.78 bits per heavy atom. The summed E-state index contributed by atoms with van der Waals surface area (Å²) in [6.07, 6.45) is 4.27. The lowest BCUT2D eigenvalue weighted by Gasteiger charge is -2.22. The third kappa shape index (κ3) is 6.28. The van der Waals surface area contributed by atoms with Crippen molar-refractivity contribution in [1.29, 1.82) is 0 Å². The van der Waals surface area contributed by atoms with Crippen LogP contribution in [0.15, 0.2) is 24.3 Å². The van der Waals surface area contributed by atoms with Gasteiger partial charge < -0.3 is 14.9 Å². The fourth-order valence-corrected chi connectivity index (χ4v) is 3.00. The van der Waals surface area contributed by atoms with Crippen LogP contribution in [0.3, 0.4) is 0 Å². The Kier molecular flexibility index (Phi) is 7.49. The highest BCUT2D eigenvalue weighted by Gasteiger charge is 2.19. The number of nitrogens with zero attached hydrogens (tertiary/aromatic N) is 2. The standard InChI is InChI=1S/C18H27FN2O2/c19-17-7-4-6-16(14-17)15-18(23)21-10-5-9-20(11-12-21)8-2-1-3-13-22/h4,6-7,14,22H,1-3,5,8-13,15H2. The summed E-state index contributed by atoms with van der Waals surface area (Å²) in [5.74, 6) is -0.210. The van der Waals surface area contributed by atoms with Crippen LogP contribution in [0.1, 0.15) is 31.2 Å². The third-order valence-electron chi connectivity index (χ3n) is 4.32. The molecule has 5 heteroatoms. The first-order valence-corrected chi connectivity index (χ1v) is 8.54. The lowest BCUT2D eigenvalue weighted by atomic mass is 10.1. The molecule has 4 nitrogen and oxygen atoms in total. The Bertz CT molecular complexity index is 496. The largest absolute Gasteiger partial charge is 0.396 e. The molecule has 1 saturated heterocycles. The number of unbranched alkanes of at least 4 members (excludes halogenated alkanes) is 2. The van der Waals surface area contributed by atoms with Crippen molar-refractivity contribution in [2.75, 3.05) is 39.3 Å². The highest BCUT2D eigenvalue weighted by atomic mass is 19.1. The fourth-order valence-electron chi connectivity index (χ4n) is 3.00. The molecule has 1 aliphatic heterocycles. The Hall–Kier alpha value is -1.46. The number of carbonyl (C=O) groups excluding carboxylic acids is 1. The third-order valence-corrected chi connectivity index (χ3v) is 4.32. The van der Waals surface area contributed by atoms with E-state index in [1.54, 1.807) is 12.1 Å². The van der Waals surface area contributed by atoms with Crippen molar-refractivity contribution in [1.82, 2.24) is 9.80 Å². The zero-order valence-corrected chi connectivity index (χ0v) is 13.7. The molecule has 1 aliphatic rings. The molecule has 0 aromatic heterocycles. The van der Waals surface area contributed by atoms with Crippen molar-refractivity contribution >= 4 is 5.91 Å². The zero-order valence-electron chi connectivity index (χ0n) is 13.7. The van der Waals surface area contributed by atoms with Crippen LogP contribution in [-0.2, 0) is 11.2 Å². The van der Waals surface area contributed by atoms with Crippen molar-refractivity contribution in [2.24, 2.45) is 0 Å². The van der Waals surface area contributed by atoms with Crippen LogP contribution in [-0.4, -0.2) is 60.1 Å². The predicted molar refractivity (Wildman–Crippen MR) is 88.7 cm³/mol. The van der Waals surface area contributed by atoms with Gasteiger partial charge in [-0.3, -0.25) is 4.79 Å². The van der Waals surface area contributed by atoms with Crippen LogP contribution in [0.4, 0.5) is 4.39 Å². The maximum atomic E-state index is 13.2. The van der Waals surface area contributed by atoms with Crippen LogP contribution in [0.2, 0.25) is 0 Å². The summed E-state index contributed by atoms with van der Waals surface area (Å²) in [5, 5.41) is 8.80. The van der Waals surface area contributed by atoms with Gasteiger partial charge in [0.2, 0.25) is 5.91 Å². The van der Waals surface area contributed by atoms with E-state index in [2.05, 4.69) is 4.90 Å². The molecule has 2 rings (SSSR count). The van der Waals surface area contributed by atoms with Crippen molar-refractivity contribution < 1.29 is 14.3 Å². The topological polar surface area (TPSA) is 43.8 Å². The van der Waals surface area contributed by atoms with Crippen molar-refractivity contribution in [2.45, 2.75) is 32.1 Å². The fraction of sp³-hybridized carbons (Fsp3) is 0.611. The van der Waals surface area contributed by atoms with E-state index in [-0.39, 0.29) is 24.8 Å². The van der Waals surface area contributed by atoms with E-state index < -0.39 is 0 Å². The molecule has 1 N–H and O–H groups in total. The van der Waals surface area contributed by atoms with Crippen LogP contribution >= 0.6 is 0 Å². The first kappa shape index (κ1) is 17.9. The molecule has 1 aromatic carbocycles. The molecule has 0 spiro atoms. The number of aliphatic hydroxyl groups is 1. The van der Waals surface area contributed by atoms with Crippen molar-refractivity contribution in [3.63, 3.8) is 0 Å². The molecule has 0 unspecified atom stereocenters. The minimum absolute atomic E-state index is 0.0812. The maximum absolute atomic E-state index is 13.2. The second-order valence-corrected chi connectivity index (χ2v) is 6.17. The molecule has 128 valence electrons. The first-order chi connectivity index (χ1) is 11.2. The van der Waals surface area contributed by atoms with E-state index >= 15 is 0 Å². The Labute approximate surface area is 137 Å². The maximum Gasteiger partial charge on any atom is 0.227 e. The predicted octanol–water partition coefficient (Wildman–Crippen LogP) is 2.07. The average Bonchev–Trinajstić information content (AvgIpc) is 2.77. The molecule has 1 heterocycles. The molecule has 0 saturated carbocycles. The summed E-state index contributed by atoms with van der Waals surface area (Å²) in [6, 6.07) is 6.28. The van der Waals surface area contributed by atoms with E-state index in [0.29, 0.717) is 0 Å². The summed E-state index contributed by atoms with van der Waals surface area (Å²) >= 11 is 0. The van der Waals surface area contributed by atoms with Gasteiger partial charge in [-0.2, -0.15) is 0 Å². The molecule has 0 atom stereocenters. The SMILES string of the molecule is O=C(Cc1cccc(F)c1)N1CCCN(CCCCCO)CC1. The van der Waals surface area contributed by atoms with Gasteiger partial charge >= 0.3 is 0 Å². The molecule has 23 heavy (non-hydrogen) atoms. The number of hydrogen-bond donors (Lipinski definition) is 1. The number of halogens is 1. The highest BCUT2D eigenvalue weighted by molar-refractivity contribution is 5.78. The number of aliphatic hydroxyl groups excluding tert-OH is 1. The van der Waals surface area contributed by atoms with Gasteiger partial charge in [0.15, 0.2) is 0 Å². The number of carbonyl (C=O) groups is 1. The van der Waals surface area contributed by atoms with Crippen LogP contribution in [0.5, 0.6) is 0 Å². The second kappa shape index (κ2) is 9.63. The summed E-state index contributed by atoms with van der Waals surface area (Å²) in [7, 11) is 0. The minimum Gasteiger partial charge on any atom is -0.396 e. The smallest absolute Gasteiger partial charge is 0.227 e. The van der Waals surface area contributed by atoms with Crippen molar-refractivity contribution in [3.05, 3.63) is 35.6 Å². The Morgan fingerprint density at radius 1 is 1.13 bits per heavy atom. The van der Waals surface area contributed by atoms with E-state index in [0.717, 1.165) is 64.0 Å². The van der Waals surface area contributed by atoms with Crippen LogP contribution in [0.25, 0.3) is 0 Å². The van der Waals surface area contributed by atoms with Gasteiger partial charge in [-0.15, -0.1) is 0 Å². The van der Waals surface area contributed by atoms with Gasteiger partial charge in [0.05, 0.1) is 6.42 Å². The number of benzene rings is 1. The molecule has 0 bridgehead atoms. The lowest BCUT2D eigenvalue weighted by Crippen LogP contribution is -2.36. The molecular weight excluding hydrogens is 295 g/mol. The van der Waals surface area contributed by atoms with Gasteiger partial charge in [0.1, 0.15) is 5.82 Å². The first-order valence-electron chi connectivity index (χ1n) is 8.54. The van der Waals surface area contributed by atoms with Crippen LogP contribution in [0, 0.1) is 5.82 Å². The van der Waals surface area contributed by atoms with Crippen molar-refractivity contribution in [3.8, 4) is 0 Å². The van der Waals surface area contributed by atoms with Gasteiger partial charge in [0, 0.05) is 26.2 Å². The zero-order chi connectivity index (χ0) is 16.5. The second-order valence-electron chi connectivity index (χ2n) is 6.17. The van der Waals surface area contributed by atoms with Gasteiger partial charge in [-0.05, 0) is 56.5 Å². The summed E-state index contributed by atoms with van der Waals surface area (Å²) in [6.45, 7) is 4.74. The number of rotatable bonds is 7. The van der Waals surface area contributed by atoms with Crippen LogP contribution < -0.4 is 0 Å². The summed E-state index contributed by atoms with van der Waals surface area (Å²) < 4.78 is 13.2. The molecule has 0 radical (unpaired) electrons. The monoisotopic (exact) mass is 322 g/mol. The highest BCUT2D eigenvalue weighted by Crippen LogP contribution is 2.10. The summed E-state index contributed by atoms with van der Waals surface area (Å²) in [5.41, 5.74) is 0.736. The van der Waals surface area contributed by atoms with E-state index in [1.165, 1.54) is 12.1 Å². The van der Waals surface area contributed by atoms with E-state index in [4.69, 9.17) is 5.11 Å². The van der Waals surface area contributed by atoms with E-state index in [9.17, 15) is 9.18 Å². The molecular formula is C18H27FN2O2. The lowest BCUT2D eigenvalue weighted by molar-refractivity contribution is -0.130. The quantitative estimate of drug-likeness (QED) is 0.782. The molecule has 0 aliphatic carbocycles. The molecule has 1 amide bonds. The van der Waals surface area contributed by atoms with Gasteiger partial charge in [-0.25, -0.2) is 4.39 Å². The molecule has 1 aromatic rings. The molecule has 1 fully saturated rings. The normalized spacial score (nSPS) is 16.3. The summed E-state index contributed by atoms with van der Waals surface area (Å²) in [4.78, 5) is 16.7. The average molecular weight is 322 g/mol. The minimum atomic E-state index is -0.291. The number of amides is 1. The van der Waals surface area contributed by atoms with Gasteiger partial charge in [0.25, 0.3) is 0 Å². The Balaban J connectivity index is 1.77.